The van der Waals surface area contributed by atoms with Crippen LogP contribution in [0.2, 0.25) is 0 Å². The molecule has 0 bridgehead atoms. The first kappa shape index (κ1) is 10.2. The summed E-state index contributed by atoms with van der Waals surface area (Å²) >= 11 is 0. The molecule has 2 unspecified atom stereocenters. The smallest absolute Gasteiger partial charge is 0.338 e. The van der Waals surface area contributed by atoms with E-state index >= 15 is 0 Å². The van der Waals surface area contributed by atoms with Gasteiger partial charge < -0.3 is 9.84 Å². The first-order valence-electron chi connectivity index (χ1n) is 5.14. The van der Waals surface area contributed by atoms with Crippen LogP contribution in [0.25, 0.3) is 0 Å². The number of rotatable bonds is 4. The summed E-state index contributed by atoms with van der Waals surface area (Å²) < 4.78 is 5.13. The van der Waals surface area contributed by atoms with Gasteiger partial charge in [0.15, 0.2) is 0 Å². The molecule has 0 aromatic heterocycles. The second-order valence-corrected chi connectivity index (χ2v) is 3.90. The number of aliphatic hydroxyl groups is 1. The summed E-state index contributed by atoms with van der Waals surface area (Å²) in [7, 11) is 0. The van der Waals surface area contributed by atoms with Crippen molar-refractivity contribution < 1.29 is 14.6 Å². The minimum atomic E-state index is -0.279. The van der Waals surface area contributed by atoms with Gasteiger partial charge in [0.1, 0.15) is 0 Å². The van der Waals surface area contributed by atoms with Gasteiger partial charge in [0.2, 0.25) is 0 Å². The monoisotopic (exact) mass is 206 g/mol. The molecule has 2 atom stereocenters. The molecule has 2 rings (SSSR count). The van der Waals surface area contributed by atoms with E-state index in [4.69, 9.17) is 9.84 Å². The summed E-state index contributed by atoms with van der Waals surface area (Å²) in [6.07, 6.45) is 0.971. The van der Waals surface area contributed by atoms with Crippen LogP contribution in [0.4, 0.5) is 0 Å². The molecule has 0 saturated heterocycles. The maximum absolute atomic E-state index is 11.5. The highest BCUT2D eigenvalue weighted by Crippen LogP contribution is 2.37. The summed E-state index contributed by atoms with van der Waals surface area (Å²) in [5.41, 5.74) is 0.582. The fraction of sp³-hybridized carbons (Fsp3) is 0.417. The standard InChI is InChI=1S/C12H14O3/c13-7-10-6-11(10)8-15-12(14)9-4-2-1-3-5-9/h1-5,10-11,13H,6-8H2. The van der Waals surface area contributed by atoms with E-state index in [2.05, 4.69) is 0 Å². The Morgan fingerprint density at radius 1 is 1.33 bits per heavy atom. The maximum atomic E-state index is 11.5. The molecule has 0 aliphatic heterocycles. The summed E-state index contributed by atoms with van der Waals surface area (Å²) in [6.45, 7) is 0.631. The summed E-state index contributed by atoms with van der Waals surface area (Å²) in [5, 5.41) is 8.82. The van der Waals surface area contributed by atoms with Gasteiger partial charge in [-0.05, 0) is 30.4 Å². The van der Waals surface area contributed by atoms with E-state index in [-0.39, 0.29) is 12.6 Å². The molecule has 1 aromatic rings. The Bertz CT molecular complexity index is 334. The molecule has 80 valence electrons. The largest absolute Gasteiger partial charge is 0.462 e. The van der Waals surface area contributed by atoms with Crippen molar-refractivity contribution in [2.24, 2.45) is 11.8 Å². The molecule has 0 heterocycles. The van der Waals surface area contributed by atoms with Crippen LogP contribution in [-0.2, 0) is 4.74 Å². The van der Waals surface area contributed by atoms with E-state index in [9.17, 15) is 4.79 Å². The minimum absolute atomic E-state index is 0.202. The second-order valence-electron chi connectivity index (χ2n) is 3.90. The fourth-order valence-electron chi connectivity index (χ4n) is 1.58. The number of hydrogen-bond acceptors (Lipinski definition) is 3. The molecule has 1 aliphatic rings. The molecule has 0 spiro atoms. The zero-order chi connectivity index (χ0) is 10.7. The molecule has 3 heteroatoms. The van der Waals surface area contributed by atoms with Crippen molar-refractivity contribution >= 4 is 5.97 Å². The molecule has 0 amide bonds. The van der Waals surface area contributed by atoms with Crippen molar-refractivity contribution in [2.45, 2.75) is 6.42 Å². The van der Waals surface area contributed by atoms with Gasteiger partial charge in [-0.2, -0.15) is 0 Å². The SMILES string of the molecule is O=C(OCC1CC1CO)c1ccccc1. The van der Waals surface area contributed by atoms with Crippen LogP contribution in [0.15, 0.2) is 30.3 Å². The van der Waals surface area contributed by atoms with Crippen molar-refractivity contribution in [1.82, 2.24) is 0 Å². The van der Waals surface area contributed by atoms with Crippen LogP contribution in [0.3, 0.4) is 0 Å². The van der Waals surface area contributed by atoms with Crippen LogP contribution in [0, 0.1) is 11.8 Å². The number of hydrogen-bond donors (Lipinski definition) is 1. The Balaban J connectivity index is 1.79. The molecule has 1 aliphatic carbocycles. The predicted molar refractivity (Wildman–Crippen MR) is 55.4 cm³/mol. The van der Waals surface area contributed by atoms with Crippen LogP contribution in [0.1, 0.15) is 16.8 Å². The number of aliphatic hydroxyl groups excluding tert-OH is 1. The number of esters is 1. The number of carbonyl (C=O) groups is 1. The lowest BCUT2D eigenvalue weighted by molar-refractivity contribution is 0.0475. The lowest BCUT2D eigenvalue weighted by atomic mass is 10.2. The highest BCUT2D eigenvalue weighted by molar-refractivity contribution is 5.89. The Morgan fingerprint density at radius 3 is 2.67 bits per heavy atom. The quantitative estimate of drug-likeness (QED) is 0.759. The molecule has 1 aromatic carbocycles. The van der Waals surface area contributed by atoms with E-state index in [1.165, 1.54) is 0 Å². The number of benzene rings is 1. The van der Waals surface area contributed by atoms with Gasteiger partial charge in [-0.25, -0.2) is 4.79 Å². The highest BCUT2D eigenvalue weighted by atomic mass is 16.5. The van der Waals surface area contributed by atoms with Gasteiger partial charge in [0.05, 0.1) is 12.2 Å². The highest BCUT2D eigenvalue weighted by Gasteiger charge is 2.37. The van der Waals surface area contributed by atoms with Crippen molar-refractivity contribution in [2.75, 3.05) is 13.2 Å². The normalized spacial score (nSPS) is 23.5. The molecule has 15 heavy (non-hydrogen) atoms. The number of carbonyl (C=O) groups excluding carboxylic acids is 1. The van der Waals surface area contributed by atoms with Crippen molar-refractivity contribution in [3.05, 3.63) is 35.9 Å². The van der Waals surface area contributed by atoms with E-state index in [0.29, 0.717) is 24.0 Å². The topological polar surface area (TPSA) is 46.5 Å². The van der Waals surface area contributed by atoms with Gasteiger partial charge in [-0.1, -0.05) is 18.2 Å². The van der Waals surface area contributed by atoms with Crippen molar-refractivity contribution in [3.8, 4) is 0 Å². The van der Waals surface area contributed by atoms with Gasteiger partial charge in [0, 0.05) is 6.61 Å². The molecule has 3 nitrogen and oxygen atoms in total. The number of ether oxygens (including phenoxy) is 1. The Morgan fingerprint density at radius 2 is 2.07 bits per heavy atom. The van der Waals surface area contributed by atoms with Gasteiger partial charge in [-0.3, -0.25) is 0 Å². The third kappa shape index (κ3) is 2.57. The van der Waals surface area contributed by atoms with Crippen LogP contribution < -0.4 is 0 Å². The molecule has 0 radical (unpaired) electrons. The van der Waals surface area contributed by atoms with E-state index in [1.54, 1.807) is 12.1 Å². The van der Waals surface area contributed by atoms with Crippen LogP contribution in [0.5, 0.6) is 0 Å². The third-order valence-corrected chi connectivity index (χ3v) is 2.74. The lowest BCUT2D eigenvalue weighted by Gasteiger charge is -2.03. The first-order valence-corrected chi connectivity index (χ1v) is 5.14. The molecule has 1 N–H and O–H groups in total. The molecule has 1 fully saturated rings. The van der Waals surface area contributed by atoms with Crippen molar-refractivity contribution in [1.29, 1.82) is 0 Å². The third-order valence-electron chi connectivity index (χ3n) is 2.74. The average Bonchev–Trinajstić information content (AvgIpc) is 3.06. The van der Waals surface area contributed by atoms with Crippen molar-refractivity contribution in [3.63, 3.8) is 0 Å². The average molecular weight is 206 g/mol. The second kappa shape index (κ2) is 4.45. The van der Waals surface area contributed by atoms with E-state index < -0.39 is 0 Å². The molecule has 1 saturated carbocycles. The first-order chi connectivity index (χ1) is 7.31. The summed E-state index contributed by atoms with van der Waals surface area (Å²) in [4.78, 5) is 11.5. The van der Waals surface area contributed by atoms with E-state index in [1.807, 2.05) is 18.2 Å². The summed E-state index contributed by atoms with van der Waals surface area (Å²) in [6, 6.07) is 8.95. The van der Waals surface area contributed by atoms with Gasteiger partial charge in [-0.15, -0.1) is 0 Å². The van der Waals surface area contributed by atoms with Crippen LogP contribution >= 0.6 is 0 Å². The summed E-state index contributed by atoms with van der Waals surface area (Å²) in [5.74, 6) is 0.426. The minimum Gasteiger partial charge on any atom is -0.462 e. The predicted octanol–water partition coefficient (Wildman–Crippen LogP) is 1.47. The molecular formula is C12H14O3. The maximum Gasteiger partial charge on any atom is 0.338 e. The van der Waals surface area contributed by atoms with Gasteiger partial charge in [0.25, 0.3) is 0 Å². The zero-order valence-corrected chi connectivity index (χ0v) is 8.43. The van der Waals surface area contributed by atoms with Crippen LogP contribution in [-0.4, -0.2) is 24.3 Å². The Hall–Kier alpha value is -1.35. The molecular weight excluding hydrogens is 192 g/mol. The van der Waals surface area contributed by atoms with E-state index in [0.717, 1.165) is 6.42 Å². The fourth-order valence-corrected chi connectivity index (χ4v) is 1.58. The Labute approximate surface area is 88.7 Å². The zero-order valence-electron chi connectivity index (χ0n) is 8.43. The Kier molecular flexibility index (Phi) is 3.02. The van der Waals surface area contributed by atoms with Gasteiger partial charge >= 0.3 is 5.97 Å². The lowest BCUT2D eigenvalue weighted by Crippen LogP contribution is -2.08.